The summed E-state index contributed by atoms with van der Waals surface area (Å²) in [4.78, 5) is 39.7. The van der Waals surface area contributed by atoms with Gasteiger partial charge in [-0.1, -0.05) is 12.1 Å². The average Bonchev–Trinajstić information content (AvgIpc) is 2.65. The van der Waals surface area contributed by atoms with Crippen LogP contribution in [0.3, 0.4) is 0 Å². The van der Waals surface area contributed by atoms with Gasteiger partial charge in [-0.3, -0.25) is 19.0 Å². The van der Waals surface area contributed by atoms with Crippen LogP contribution < -0.4 is 16.6 Å². The fourth-order valence-corrected chi connectivity index (χ4v) is 2.68. The fourth-order valence-electron chi connectivity index (χ4n) is 2.68. The normalized spacial score (nSPS) is 10.7. The first-order chi connectivity index (χ1) is 12.9. The van der Waals surface area contributed by atoms with Gasteiger partial charge in [0.2, 0.25) is 11.8 Å². The molecule has 1 aromatic heterocycles. The number of halogens is 1. The lowest BCUT2D eigenvalue weighted by atomic mass is 10.1. The molecule has 3 N–H and O–H groups in total. The Hall–Kier alpha value is -3.55. The summed E-state index contributed by atoms with van der Waals surface area (Å²) in [6.07, 6.45) is 1.77. The predicted molar refractivity (Wildman–Crippen MR) is 97.6 cm³/mol. The highest BCUT2D eigenvalue weighted by Gasteiger charge is 2.09. The average molecular weight is 368 g/mol. The number of primary amides is 1. The molecule has 0 aliphatic heterocycles. The Morgan fingerprint density at radius 2 is 2.00 bits per heavy atom. The van der Waals surface area contributed by atoms with E-state index < -0.39 is 17.3 Å². The number of benzene rings is 2. The molecule has 2 aromatic carbocycles. The van der Waals surface area contributed by atoms with E-state index in [0.717, 1.165) is 16.2 Å². The summed E-state index contributed by atoms with van der Waals surface area (Å²) < 4.78 is 14.5. The van der Waals surface area contributed by atoms with Crippen molar-refractivity contribution in [2.24, 2.45) is 5.73 Å². The van der Waals surface area contributed by atoms with Gasteiger partial charge in [0.1, 0.15) is 12.4 Å². The van der Waals surface area contributed by atoms with E-state index in [0.29, 0.717) is 24.0 Å². The van der Waals surface area contributed by atoms with Crippen LogP contribution in [0.25, 0.3) is 10.9 Å². The van der Waals surface area contributed by atoms with Crippen LogP contribution in [0.5, 0.6) is 0 Å². The Balaban J connectivity index is 1.62. The molecule has 138 valence electrons. The van der Waals surface area contributed by atoms with E-state index in [-0.39, 0.29) is 17.8 Å². The van der Waals surface area contributed by atoms with Gasteiger partial charge in [-0.2, -0.15) is 0 Å². The minimum atomic E-state index is -0.540. The molecule has 2 amide bonds. The van der Waals surface area contributed by atoms with Gasteiger partial charge in [0, 0.05) is 12.1 Å². The van der Waals surface area contributed by atoms with Crippen molar-refractivity contribution in [3.05, 3.63) is 76.1 Å². The van der Waals surface area contributed by atoms with Gasteiger partial charge in [0.25, 0.3) is 5.56 Å². The van der Waals surface area contributed by atoms with E-state index in [2.05, 4.69) is 10.3 Å². The van der Waals surface area contributed by atoms with E-state index in [4.69, 9.17) is 5.73 Å². The van der Waals surface area contributed by atoms with Gasteiger partial charge in [-0.05, 0) is 42.3 Å². The standard InChI is InChI=1S/C19H17FN4O3/c20-14-4-5-16-15(9-14)19(27)24(11-23-16)10-17(25)22-7-6-12-2-1-3-13(8-12)18(21)26/h1-5,8-9,11H,6-7,10H2,(H2,21,26)(H,22,25). The number of rotatable bonds is 6. The number of hydrogen-bond acceptors (Lipinski definition) is 4. The fraction of sp³-hybridized carbons (Fsp3) is 0.158. The molecule has 0 unspecified atom stereocenters. The van der Waals surface area contributed by atoms with Gasteiger partial charge >= 0.3 is 0 Å². The molecule has 3 rings (SSSR count). The SMILES string of the molecule is NC(=O)c1cccc(CCNC(=O)Cn2cnc3ccc(F)cc3c2=O)c1. The highest BCUT2D eigenvalue weighted by Crippen LogP contribution is 2.08. The Labute approximate surface area is 153 Å². The van der Waals surface area contributed by atoms with Gasteiger partial charge in [-0.25, -0.2) is 9.37 Å². The zero-order chi connectivity index (χ0) is 19.4. The number of fused-ring (bicyclic) bond motifs is 1. The summed E-state index contributed by atoms with van der Waals surface area (Å²) in [6, 6.07) is 10.6. The first-order valence-corrected chi connectivity index (χ1v) is 8.24. The quantitative estimate of drug-likeness (QED) is 0.677. The molecule has 0 radical (unpaired) electrons. The maximum Gasteiger partial charge on any atom is 0.261 e. The van der Waals surface area contributed by atoms with Crippen molar-refractivity contribution >= 4 is 22.7 Å². The summed E-state index contributed by atoms with van der Waals surface area (Å²) in [7, 11) is 0. The van der Waals surface area contributed by atoms with Crippen LogP contribution in [0.1, 0.15) is 15.9 Å². The molecule has 0 saturated carbocycles. The number of aromatic nitrogens is 2. The number of nitrogens with one attached hydrogen (secondary N) is 1. The summed E-state index contributed by atoms with van der Waals surface area (Å²) in [6.45, 7) is 0.102. The highest BCUT2D eigenvalue weighted by molar-refractivity contribution is 5.92. The molecule has 8 heteroatoms. The summed E-state index contributed by atoms with van der Waals surface area (Å²) in [5.41, 5.74) is 6.38. The highest BCUT2D eigenvalue weighted by atomic mass is 19.1. The van der Waals surface area contributed by atoms with Crippen molar-refractivity contribution in [1.82, 2.24) is 14.9 Å². The smallest absolute Gasteiger partial charge is 0.261 e. The van der Waals surface area contributed by atoms with Gasteiger partial charge < -0.3 is 11.1 Å². The van der Waals surface area contributed by atoms with Crippen molar-refractivity contribution in [1.29, 1.82) is 0 Å². The molecule has 7 nitrogen and oxygen atoms in total. The van der Waals surface area contributed by atoms with E-state index in [1.807, 2.05) is 6.07 Å². The van der Waals surface area contributed by atoms with Crippen molar-refractivity contribution in [3.63, 3.8) is 0 Å². The van der Waals surface area contributed by atoms with Crippen molar-refractivity contribution < 1.29 is 14.0 Å². The number of nitrogens with two attached hydrogens (primary N) is 1. The summed E-state index contributed by atoms with van der Waals surface area (Å²) >= 11 is 0. The second-order valence-corrected chi connectivity index (χ2v) is 6.00. The minimum absolute atomic E-state index is 0.119. The molecule has 3 aromatic rings. The molecule has 0 atom stereocenters. The van der Waals surface area contributed by atoms with Crippen LogP contribution in [0.2, 0.25) is 0 Å². The molecule has 0 spiro atoms. The van der Waals surface area contributed by atoms with Gasteiger partial charge in [-0.15, -0.1) is 0 Å². The summed E-state index contributed by atoms with van der Waals surface area (Å²) in [5.74, 6) is -1.43. The maximum absolute atomic E-state index is 13.3. The Kier molecular flexibility index (Phi) is 5.25. The molecule has 0 saturated heterocycles. The van der Waals surface area contributed by atoms with E-state index in [1.54, 1.807) is 18.2 Å². The summed E-state index contributed by atoms with van der Waals surface area (Å²) in [5, 5.41) is 2.82. The Morgan fingerprint density at radius 1 is 1.19 bits per heavy atom. The van der Waals surface area contributed by atoms with E-state index in [1.165, 1.54) is 18.5 Å². The zero-order valence-electron chi connectivity index (χ0n) is 14.3. The van der Waals surface area contributed by atoms with Crippen molar-refractivity contribution in [2.45, 2.75) is 13.0 Å². The molecule has 0 aliphatic rings. The lowest BCUT2D eigenvalue weighted by Gasteiger charge is -2.08. The first kappa shape index (κ1) is 18.2. The van der Waals surface area contributed by atoms with Crippen LogP contribution in [-0.4, -0.2) is 27.9 Å². The Bertz CT molecular complexity index is 1080. The van der Waals surface area contributed by atoms with Crippen LogP contribution in [-0.2, 0) is 17.8 Å². The molecule has 1 heterocycles. The second-order valence-electron chi connectivity index (χ2n) is 6.00. The number of amides is 2. The Morgan fingerprint density at radius 3 is 2.78 bits per heavy atom. The third kappa shape index (κ3) is 4.35. The zero-order valence-corrected chi connectivity index (χ0v) is 14.3. The molecule has 0 bridgehead atoms. The number of hydrogen-bond donors (Lipinski definition) is 2. The molecule has 0 fully saturated rings. The maximum atomic E-state index is 13.3. The van der Waals surface area contributed by atoms with Crippen LogP contribution >= 0.6 is 0 Å². The third-order valence-corrected chi connectivity index (χ3v) is 4.05. The third-order valence-electron chi connectivity index (χ3n) is 4.05. The van der Waals surface area contributed by atoms with Gasteiger partial charge in [0.15, 0.2) is 0 Å². The molecular weight excluding hydrogens is 351 g/mol. The largest absolute Gasteiger partial charge is 0.366 e. The number of nitrogens with zero attached hydrogens (tertiary/aromatic N) is 2. The molecular formula is C19H17FN4O3. The predicted octanol–water partition coefficient (Wildman–Crippen LogP) is 0.993. The number of carbonyl (C=O) groups is 2. The minimum Gasteiger partial charge on any atom is -0.366 e. The van der Waals surface area contributed by atoms with Crippen molar-refractivity contribution in [3.8, 4) is 0 Å². The van der Waals surface area contributed by atoms with Crippen molar-refractivity contribution in [2.75, 3.05) is 6.54 Å². The first-order valence-electron chi connectivity index (χ1n) is 8.24. The van der Waals surface area contributed by atoms with E-state index >= 15 is 0 Å². The lowest BCUT2D eigenvalue weighted by Crippen LogP contribution is -2.33. The lowest BCUT2D eigenvalue weighted by molar-refractivity contribution is -0.121. The second kappa shape index (κ2) is 7.77. The molecule has 0 aliphatic carbocycles. The van der Waals surface area contributed by atoms with Crippen LogP contribution in [0.4, 0.5) is 4.39 Å². The topological polar surface area (TPSA) is 107 Å². The number of carbonyl (C=O) groups excluding carboxylic acids is 2. The van der Waals surface area contributed by atoms with Crippen LogP contribution in [0, 0.1) is 5.82 Å². The monoisotopic (exact) mass is 368 g/mol. The van der Waals surface area contributed by atoms with E-state index in [9.17, 15) is 18.8 Å². The van der Waals surface area contributed by atoms with Crippen LogP contribution in [0.15, 0.2) is 53.6 Å². The molecule has 27 heavy (non-hydrogen) atoms. The van der Waals surface area contributed by atoms with Gasteiger partial charge in [0.05, 0.1) is 17.2 Å².